The second kappa shape index (κ2) is 9.48. The van der Waals surface area contributed by atoms with Gasteiger partial charge >= 0.3 is 5.97 Å². The van der Waals surface area contributed by atoms with E-state index in [1.165, 1.54) is 31.4 Å². The van der Waals surface area contributed by atoms with E-state index in [0.717, 1.165) is 5.56 Å². The van der Waals surface area contributed by atoms with Crippen LogP contribution in [-0.2, 0) is 19.6 Å². The number of amides is 1. The highest BCUT2D eigenvalue weighted by Gasteiger charge is 2.20. The Balaban J connectivity index is 2.18. The topological polar surface area (TPSA) is 102 Å². The minimum atomic E-state index is -3.63. The molecule has 1 amide bonds. The van der Waals surface area contributed by atoms with E-state index in [-0.39, 0.29) is 22.9 Å². The van der Waals surface area contributed by atoms with Crippen LogP contribution in [-0.4, -0.2) is 33.4 Å². The molecule has 28 heavy (non-hydrogen) atoms. The molecular formula is C20H24N2O5S. The van der Waals surface area contributed by atoms with Crippen molar-refractivity contribution in [3.05, 3.63) is 65.7 Å². The lowest BCUT2D eigenvalue weighted by molar-refractivity contribution is -0.141. The molecule has 0 radical (unpaired) electrons. The third-order valence-electron chi connectivity index (χ3n) is 3.92. The van der Waals surface area contributed by atoms with Crippen molar-refractivity contribution in [3.8, 4) is 0 Å². The van der Waals surface area contributed by atoms with Crippen LogP contribution < -0.4 is 10.0 Å². The highest BCUT2D eigenvalue weighted by molar-refractivity contribution is 7.89. The van der Waals surface area contributed by atoms with E-state index in [4.69, 9.17) is 4.74 Å². The van der Waals surface area contributed by atoms with Gasteiger partial charge in [-0.3, -0.25) is 9.59 Å². The standard InChI is InChI=1S/C20H24N2O5S/c1-14(2)22-28(25,26)17-11-9-16(10-12-17)20(24)21-18(13-19(23)27-3)15-7-5-4-6-8-15/h4-12,14,18,22H,13H2,1-3H3,(H,21,24). The fraction of sp³-hybridized carbons (Fsp3) is 0.300. The molecule has 0 aliphatic rings. The number of ether oxygens (including phenoxy) is 1. The highest BCUT2D eigenvalue weighted by atomic mass is 32.2. The molecule has 2 aromatic carbocycles. The number of benzene rings is 2. The average molecular weight is 404 g/mol. The molecule has 2 aromatic rings. The van der Waals surface area contributed by atoms with E-state index < -0.39 is 27.9 Å². The van der Waals surface area contributed by atoms with E-state index in [1.54, 1.807) is 26.0 Å². The summed E-state index contributed by atoms with van der Waals surface area (Å²) in [6.45, 7) is 3.45. The van der Waals surface area contributed by atoms with Crippen molar-refractivity contribution in [2.24, 2.45) is 0 Å². The monoisotopic (exact) mass is 404 g/mol. The zero-order valence-corrected chi connectivity index (χ0v) is 16.8. The highest BCUT2D eigenvalue weighted by Crippen LogP contribution is 2.19. The zero-order valence-electron chi connectivity index (χ0n) is 16.0. The van der Waals surface area contributed by atoms with Crippen LogP contribution in [0.2, 0.25) is 0 Å². The first-order chi connectivity index (χ1) is 13.2. The summed E-state index contributed by atoms with van der Waals surface area (Å²) in [5.41, 5.74) is 1.05. The second-order valence-electron chi connectivity index (χ2n) is 6.52. The number of methoxy groups -OCH3 is 1. The van der Waals surface area contributed by atoms with Crippen LogP contribution in [0.3, 0.4) is 0 Å². The molecule has 8 heteroatoms. The van der Waals surface area contributed by atoms with Crippen LogP contribution in [0.1, 0.15) is 42.2 Å². The number of sulfonamides is 1. The number of rotatable bonds is 8. The number of esters is 1. The molecule has 1 unspecified atom stereocenters. The van der Waals surface area contributed by atoms with Gasteiger partial charge in [0.05, 0.1) is 24.5 Å². The Morgan fingerprint density at radius 2 is 1.61 bits per heavy atom. The molecule has 0 bridgehead atoms. The van der Waals surface area contributed by atoms with E-state index >= 15 is 0 Å². The van der Waals surface area contributed by atoms with Gasteiger partial charge in [0, 0.05) is 11.6 Å². The van der Waals surface area contributed by atoms with Gasteiger partial charge in [-0.25, -0.2) is 13.1 Å². The Bertz CT molecular complexity index is 909. The molecule has 0 aliphatic carbocycles. The van der Waals surface area contributed by atoms with Gasteiger partial charge in [0.2, 0.25) is 10.0 Å². The molecule has 0 saturated heterocycles. The molecule has 0 saturated carbocycles. The van der Waals surface area contributed by atoms with Crippen LogP contribution in [0.5, 0.6) is 0 Å². The Hall–Kier alpha value is -2.71. The average Bonchev–Trinajstić information content (AvgIpc) is 2.67. The van der Waals surface area contributed by atoms with Gasteiger partial charge < -0.3 is 10.1 Å². The summed E-state index contributed by atoms with van der Waals surface area (Å²) >= 11 is 0. The Morgan fingerprint density at radius 3 is 2.14 bits per heavy atom. The third-order valence-corrected chi connectivity index (χ3v) is 5.60. The maximum atomic E-state index is 12.6. The Morgan fingerprint density at radius 1 is 1.00 bits per heavy atom. The molecule has 2 rings (SSSR count). The van der Waals surface area contributed by atoms with Crippen molar-refractivity contribution < 1.29 is 22.7 Å². The van der Waals surface area contributed by atoms with Gasteiger partial charge in [0.1, 0.15) is 0 Å². The van der Waals surface area contributed by atoms with Gasteiger partial charge in [-0.05, 0) is 43.7 Å². The van der Waals surface area contributed by atoms with Crippen LogP contribution in [0, 0.1) is 0 Å². The van der Waals surface area contributed by atoms with Crippen molar-refractivity contribution in [1.29, 1.82) is 0 Å². The second-order valence-corrected chi connectivity index (χ2v) is 8.23. The van der Waals surface area contributed by atoms with Gasteiger partial charge in [-0.2, -0.15) is 0 Å². The van der Waals surface area contributed by atoms with Crippen molar-refractivity contribution in [1.82, 2.24) is 10.0 Å². The van der Waals surface area contributed by atoms with Crippen LogP contribution >= 0.6 is 0 Å². The summed E-state index contributed by atoms with van der Waals surface area (Å²) in [4.78, 5) is 24.4. The van der Waals surface area contributed by atoms with Gasteiger partial charge in [-0.15, -0.1) is 0 Å². The molecule has 0 spiro atoms. The van der Waals surface area contributed by atoms with E-state index in [0.29, 0.717) is 0 Å². The fourth-order valence-corrected chi connectivity index (χ4v) is 3.84. The summed E-state index contributed by atoms with van der Waals surface area (Å²) in [6.07, 6.45) is -0.0168. The Labute approximate surface area is 165 Å². The fourth-order valence-electron chi connectivity index (χ4n) is 2.59. The van der Waals surface area contributed by atoms with Crippen LogP contribution in [0.25, 0.3) is 0 Å². The lowest BCUT2D eigenvalue weighted by atomic mass is 10.0. The van der Waals surface area contributed by atoms with Crippen molar-refractivity contribution >= 4 is 21.9 Å². The number of hydrogen-bond acceptors (Lipinski definition) is 5. The predicted octanol–water partition coefficient (Wildman–Crippen LogP) is 2.41. The maximum Gasteiger partial charge on any atom is 0.307 e. The normalized spacial score (nSPS) is 12.4. The summed E-state index contributed by atoms with van der Waals surface area (Å²) in [5.74, 6) is -0.867. The summed E-state index contributed by atoms with van der Waals surface area (Å²) in [5, 5.41) is 2.80. The molecular weight excluding hydrogens is 380 g/mol. The maximum absolute atomic E-state index is 12.6. The summed E-state index contributed by atoms with van der Waals surface area (Å²) < 4.78 is 31.6. The van der Waals surface area contributed by atoms with Gasteiger partial charge in [0.15, 0.2) is 0 Å². The summed E-state index contributed by atoms with van der Waals surface area (Å²) in [6, 6.07) is 13.9. The minimum absolute atomic E-state index is 0.0168. The lowest BCUT2D eigenvalue weighted by Crippen LogP contribution is -2.31. The van der Waals surface area contributed by atoms with E-state index in [2.05, 4.69) is 10.0 Å². The molecule has 0 fully saturated rings. The quantitative estimate of drug-likeness (QED) is 0.658. The molecule has 0 heterocycles. The molecule has 150 valence electrons. The smallest absolute Gasteiger partial charge is 0.307 e. The van der Waals surface area contributed by atoms with E-state index in [9.17, 15) is 18.0 Å². The van der Waals surface area contributed by atoms with Gasteiger partial charge in [-0.1, -0.05) is 30.3 Å². The first-order valence-corrected chi connectivity index (χ1v) is 10.3. The third kappa shape index (κ3) is 5.90. The molecule has 0 aromatic heterocycles. The minimum Gasteiger partial charge on any atom is -0.469 e. The number of carbonyl (C=O) groups excluding carboxylic acids is 2. The number of nitrogens with one attached hydrogen (secondary N) is 2. The number of carbonyl (C=O) groups is 2. The van der Waals surface area contributed by atoms with Crippen molar-refractivity contribution in [2.75, 3.05) is 7.11 Å². The summed E-state index contributed by atoms with van der Waals surface area (Å²) in [7, 11) is -2.34. The van der Waals surface area contributed by atoms with Crippen molar-refractivity contribution in [3.63, 3.8) is 0 Å². The SMILES string of the molecule is COC(=O)CC(NC(=O)c1ccc(S(=O)(=O)NC(C)C)cc1)c1ccccc1. The number of hydrogen-bond donors (Lipinski definition) is 2. The largest absolute Gasteiger partial charge is 0.469 e. The van der Waals surface area contributed by atoms with Crippen LogP contribution in [0.15, 0.2) is 59.5 Å². The molecule has 7 nitrogen and oxygen atoms in total. The van der Waals surface area contributed by atoms with Gasteiger partial charge in [0.25, 0.3) is 5.91 Å². The predicted molar refractivity (Wildman–Crippen MR) is 105 cm³/mol. The zero-order chi connectivity index (χ0) is 20.7. The first-order valence-electron chi connectivity index (χ1n) is 8.78. The lowest BCUT2D eigenvalue weighted by Gasteiger charge is -2.18. The molecule has 1 atom stereocenters. The van der Waals surface area contributed by atoms with Crippen LogP contribution in [0.4, 0.5) is 0 Å². The van der Waals surface area contributed by atoms with E-state index in [1.807, 2.05) is 18.2 Å². The first kappa shape index (κ1) is 21.6. The molecule has 0 aliphatic heterocycles. The Kier molecular flexibility index (Phi) is 7.31. The van der Waals surface area contributed by atoms with Crippen molar-refractivity contribution in [2.45, 2.75) is 37.2 Å². The molecule has 2 N–H and O–H groups in total.